The van der Waals surface area contributed by atoms with E-state index >= 15 is 0 Å². The number of aromatic amines is 1. The summed E-state index contributed by atoms with van der Waals surface area (Å²) in [5, 5.41) is 0. The van der Waals surface area contributed by atoms with E-state index in [2.05, 4.69) is 24.7 Å². The Morgan fingerprint density at radius 1 is 1.10 bits per heavy atom. The monoisotopic (exact) mass is 295 g/mol. The van der Waals surface area contributed by atoms with Gasteiger partial charge in [0.25, 0.3) is 0 Å². The number of rotatable bonds is 2. The van der Waals surface area contributed by atoms with Crippen LogP contribution in [0.5, 0.6) is 5.75 Å². The van der Waals surface area contributed by atoms with Crippen molar-refractivity contribution >= 4 is 17.0 Å². The molecule has 3 aromatic rings. The van der Waals surface area contributed by atoms with Crippen LogP contribution in [-0.4, -0.2) is 26.3 Å². The Bertz CT molecular complexity index is 782. The number of fused-ring (bicyclic) bond motifs is 1. The molecule has 6 nitrogen and oxygen atoms in total. The lowest BCUT2D eigenvalue weighted by molar-refractivity contribution is -0.274. The minimum Gasteiger partial charge on any atom is -0.406 e. The lowest BCUT2D eigenvalue weighted by Crippen LogP contribution is -2.16. The average Bonchev–Trinajstić information content (AvgIpc) is 2.86. The zero-order chi connectivity index (χ0) is 15.0. The minimum absolute atomic E-state index is 0.211. The van der Waals surface area contributed by atoms with Crippen molar-refractivity contribution in [2.45, 2.75) is 6.36 Å². The van der Waals surface area contributed by atoms with Gasteiger partial charge in [-0.05, 0) is 24.3 Å². The molecule has 0 amide bonds. The summed E-state index contributed by atoms with van der Waals surface area (Å²) in [6, 6.07) is 5.18. The highest BCUT2D eigenvalue weighted by Crippen LogP contribution is 2.26. The van der Waals surface area contributed by atoms with Crippen molar-refractivity contribution in [2.24, 2.45) is 0 Å². The molecule has 0 spiro atoms. The number of aromatic nitrogens is 4. The van der Waals surface area contributed by atoms with Gasteiger partial charge in [-0.1, -0.05) is 0 Å². The highest BCUT2D eigenvalue weighted by Gasteiger charge is 2.31. The third-order valence-corrected chi connectivity index (χ3v) is 2.66. The fourth-order valence-corrected chi connectivity index (χ4v) is 1.79. The smallest absolute Gasteiger partial charge is 0.406 e. The number of anilines is 1. The Morgan fingerprint density at radius 3 is 2.48 bits per heavy atom. The molecule has 2 heterocycles. The van der Waals surface area contributed by atoms with E-state index in [1.807, 2.05) is 0 Å². The van der Waals surface area contributed by atoms with Crippen molar-refractivity contribution in [3.8, 4) is 17.1 Å². The number of nitrogen functional groups attached to an aromatic ring is 1. The number of alkyl halides is 3. The predicted octanol–water partition coefficient (Wildman–Crippen LogP) is 2.50. The fraction of sp³-hybridized carbons (Fsp3) is 0.0833. The van der Waals surface area contributed by atoms with E-state index in [0.29, 0.717) is 16.7 Å². The Labute approximate surface area is 115 Å². The van der Waals surface area contributed by atoms with Gasteiger partial charge in [0.15, 0.2) is 17.3 Å². The largest absolute Gasteiger partial charge is 0.573 e. The summed E-state index contributed by atoms with van der Waals surface area (Å²) >= 11 is 0. The topological polar surface area (TPSA) is 89.7 Å². The molecule has 0 aliphatic carbocycles. The van der Waals surface area contributed by atoms with E-state index in [1.165, 1.54) is 30.6 Å². The summed E-state index contributed by atoms with van der Waals surface area (Å²) in [4.78, 5) is 15.0. The van der Waals surface area contributed by atoms with E-state index in [4.69, 9.17) is 5.73 Å². The molecule has 9 heteroatoms. The van der Waals surface area contributed by atoms with Gasteiger partial charge in [-0.15, -0.1) is 13.2 Å². The van der Waals surface area contributed by atoms with E-state index in [0.717, 1.165) is 0 Å². The molecular formula is C12H8F3N5O. The molecule has 1 aromatic carbocycles. The van der Waals surface area contributed by atoms with Gasteiger partial charge in [0.05, 0.1) is 6.33 Å². The lowest BCUT2D eigenvalue weighted by atomic mass is 10.2. The highest BCUT2D eigenvalue weighted by atomic mass is 19.4. The summed E-state index contributed by atoms with van der Waals surface area (Å²) in [6.07, 6.45) is -3.30. The molecule has 0 aliphatic rings. The summed E-state index contributed by atoms with van der Waals surface area (Å²) in [7, 11) is 0. The van der Waals surface area contributed by atoms with E-state index in [9.17, 15) is 13.2 Å². The molecule has 0 bridgehead atoms. The quantitative estimate of drug-likeness (QED) is 0.758. The van der Waals surface area contributed by atoms with Gasteiger partial charge in [0, 0.05) is 5.56 Å². The summed E-state index contributed by atoms with van der Waals surface area (Å²) < 4.78 is 40.0. The maximum Gasteiger partial charge on any atom is 0.573 e. The first-order chi connectivity index (χ1) is 9.92. The van der Waals surface area contributed by atoms with E-state index in [-0.39, 0.29) is 17.4 Å². The van der Waals surface area contributed by atoms with Crippen LogP contribution in [0.2, 0.25) is 0 Å². The second-order valence-corrected chi connectivity index (χ2v) is 4.11. The Kier molecular flexibility index (Phi) is 2.89. The maximum absolute atomic E-state index is 12.1. The summed E-state index contributed by atoms with van der Waals surface area (Å²) in [6.45, 7) is 0. The Balaban J connectivity index is 1.95. The molecule has 0 fully saturated rings. The van der Waals surface area contributed by atoms with Gasteiger partial charge in [0.1, 0.15) is 11.3 Å². The number of ether oxygens (including phenoxy) is 1. The van der Waals surface area contributed by atoms with Crippen molar-refractivity contribution in [3.63, 3.8) is 0 Å². The standard InChI is InChI=1S/C12H8F3N5O/c13-12(14,15)21-7-3-1-6(2-4-7)10-19-9(16)8-11(20-10)18-5-17-8/h1-5H,(H3,16,17,18,19,20). The van der Waals surface area contributed by atoms with Crippen LogP contribution in [0, 0.1) is 0 Å². The second-order valence-electron chi connectivity index (χ2n) is 4.11. The van der Waals surface area contributed by atoms with Gasteiger partial charge in [-0.25, -0.2) is 15.0 Å². The number of nitrogens with one attached hydrogen (secondary N) is 1. The second kappa shape index (κ2) is 4.62. The predicted molar refractivity (Wildman–Crippen MR) is 68.2 cm³/mol. The molecule has 0 aliphatic heterocycles. The van der Waals surface area contributed by atoms with Crippen molar-refractivity contribution in [1.82, 2.24) is 19.9 Å². The Hall–Kier alpha value is -2.84. The van der Waals surface area contributed by atoms with Crippen LogP contribution in [-0.2, 0) is 0 Å². The zero-order valence-electron chi connectivity index (χ0n) is 10.3. The molecule has 0 saturated heterocycles. The van der Waals surface area contributed by atoms with Crippen molar-refractivity contribution < 1.29 is 17.9 Å². The molecule has 3 N–H and O–H groups in total. The molecule has 3 rings (SSSR count). The van der Waals surface area contributed by atoms with Crippen LogP contribution in [0.25, 0.3) is 22.6 Å². The number of H-pyrrole nitrogens is 1. The van der Waals surface area contributed by atoms with Crippen molar-refractivity contribution in [1.29, 1.82) is 0 Å². The first-order valence-electron chi connectivity index (χ1n) is 5.75. The maximum atomic E-state index is 12.1. The zero-order valence-corrected chi connectivity index (χ0v) is 10.3. The number of hydrogen-bond acceptors (Lipinski definition) is 5. The van der Waals surface area contributed by atoms with Gasteiger partial charge < -0.3 is 15.5 Å². The SMILES string of the molecule is Nc1nc(-c2ccc(OC(F)(F)F)cc2)nc2nc[nH]c12. The van der Waals surface area contributed by atoms with Crippen LogP contribution >= 0.6 is 0 Å². The van der Waals surface area contributed by atoms with Crippen LogP contribution in [0.15, 0.2) is 30.6 Å². The highest BCUT2D eigenvalue weighted by molar-refractivity contribution is 5.83. The molecule has 21 heavy (non-hydrogen) atoms. The van der Waals surface area contributed by atoms with E-state index in [1.54, 1.807) is 0 Å². The van der Waals surface area contributed by atoms with Crippen LogP contribution < -0.4 is 10.5 Å². The number of imidazole rings is 1. The number of halogens is 3. The van der Waals surface area contributed by atoms with Crippen molar-refractivity contribution in [2.75, 3.05) is 5.73 Å². The van der Waals surface area contributed by atoms with Crippen LogP contribution in [0.3, 0.4) is 0 Å². The van der Waals surface area contributed by atoms with Crippen LogP contribution in [0.1, 0.15) is 0 Å². The molecule has 0 atom stereocenters. The first-order valence-corrected chi connectivity index (χ1v) is 5.75. The molecule has 108 valence electrons. The molecule has 0 radical (unpaired) electrons. The molecule has 0 saturated carbocycles. The molecule has 2 aromatic heterocycles. The lowest BCUT2D eigenvalue weighted by Gasteiger charge is -2.09. The fourth-order valence-electron chi connectivity index (χ4n) is 1.79. The number of nitrogens with zero attached hydrogens (tertiary/aromatic N) is 3. The average molecular weight is 295 g/mol. The van der Waals surface area contributed by atoms with Gasteiger partial charge >= 0.3 is 6.36 Å². The molecule has 0 unspecified atom stereocenters. The first kappa shape index (κ1) is 13.2. The van der Waals surface area contributed by atoms with E-state index < -0.39 is 6.36 Å². The number of hydrogen-bond donors (Lipinski definition) is 2. The third-order valence-electron chi connectivity index (χ3n) is 2.66. The number of benzene rings is 1. The third kappa shape index (κ3) is 2.71. The van der Waals surface area contributed by atoms with Crippen LogP contribution in [0.4, 0.5) is 19.0 Å². The van der Waals surface area contributed by atoms with Gasteiger partial charge in [-0.2, -0.15) is 0 Å². The molecular weight excluding hydrogens is 287 g/mol. The van der Waals surface area contributed by atoms with Gasteiger partial charge in [0.2, 0.25) is 0 Å². The Morgan fingerprint density at radius 2 is 1.81 bits per heavy atom. The number of nitrogens with two attached hydrogens (primary N) is 1. The summed E-state index contributed by atoms with van der Waals surface area (Å²) in [5.74, 6) is 0.161. The minimum atomic E-state index is -4.73. The van der Waals surface area contributed by atoms with Gasteiger partial charge in [-0.3, -0.25) is 0 Å². The van der Waals surface area contributed by atoms with Crippen molar-refractivity contribution in [3.05, 3.63) is 30.6 Å². The normalized spacial score (nSPS) is 11.8. The summed E-state index contributed by atoms with van der Waals surface area (Å²) in [5.41, 5.74) is 7.15.